The number of hydrogen-bond acceptors (Lipinski definition) is 3. The molecule has 0 aliphatic heterocycles. The molecule has 1 N–H and O–H groups in total. The fourth-order valence-electron chi connectivity index (χ4n) is 1.89. The standard InChI is InChI=1S/C14H20O3S/c1-11(2)14(18(16,17)10-12(3)15)9-13-7-5-4-6-8-13/h4-8,12,14-15H,1,9-10H2,2-3H3/t12-,14-/m0/s1. The third kappa shape index (κ3) is 4.27. The van der Waals surface area contributed by atoms with Gasteiger partial charge >= 0.3 is 0 Å². The molecule has 2 atom stereocenters. The van der Waals surface area contributed by atoms with E-state index in [4.69, 9.17) is 0 Å². The lowest BCUT2D eigenvalue weighted by Gasteiger charge is -2.19. The molecular formula is C14H20O3S. The van der Waals surface area contributed by atoms with Crippen LogP contribution in [0.5, 0.6) is 0 Å². The third-order valence-electron chi connectivity index (χ3n) is 2.72. The molecule has 0 aliphatic carbocycles. The van der Waals surface area contributed by atoms with E-state index < -0.39 is 21.2 Å². The molecule has 0 unspecified atom stereocenters. The van der Waals surface area contributed by atoms with Crippen LogP contribution in [-0.2, 0) is 16.3 Å². The van der Waals surface area contributed by atoms with E-state index in [9.17, 15) is 13.5 Å². The van der Waals surface area contributed by atoms with Gasteiger partial charge < -0.3 is 5.11 Å². The first-order chi connectivity index (χ1) is 8.33. The van der Waals surface area contributed by atoms with Crippen LogP contribution in [0, 0.1) is 0 Å². The lowest BCUT2D eigenvalue weighted by Crippen LogP contribution is -2.31. The summed E-state index contributed by atoms with van der Waals surface area (Å²) in [5, 5.41) is 8.65. The summed E-state index contributed by atoms with van der Waals surface area (Å²) in [7, 11) is -3.37. The van der Waals surface area contributed by atoms with Gasteiger partial charge in [-0.15, -0.1) is 0 Å². The van der Waals surface area contributed by atoms with Gasteiger partial charge in [0, 0.05) is 0 Å². The molecule has 0 spiro atoms. The molecule has 1 aromatic rings. The van der Waals surface area contributed by atoms with E-state index >= 15 is 0 Å². The Morgan fingerprint density at radius 3 is 2.33 bits per heavy atom. The van der Waals surface area contributed by atoms with Gasteiger partial charge in [0.25, 0.3) is 0 Å². The third-order valence-corrected chi connectivity index (χ3v) is 5.10. The Balaban J connectivity index is 2.94. The summed E-state index contributed by atoms with van der Waals surface area (Å²) in [6.45, 7) is 6.96. The van der Waals surface area contributed by atoms with Crippen LogP contribution in [0.25, 0.3) is 0 Å². The van der Waals surface area contributed by atoms with Crippen LogP contribution in [0.4, 0.5) is 0 Å². The maximum absolute atomic E-state index is 12.2. The van der Waals surface area contributed by atoms with Gasteiger partial charge in [-0.3, -0.25) is 0 Å². The number of aliphatic hydroxyl groups is 1. The maximum atomic E-state index is 12.2. The van der Waals surface area contributed by atoms with Gasteiger partial charge in [-0.2, -0.15) is 0 Å². The topological polar surface area (TPSA) is 54.4 Å². The lowest BCUT2D eigenvalue weighted by molar-refractivity contribution is 0.218. The molecule has 0 fully saturated rings. The van der Waals surface area contributed by atoms with Crippen LogP contribution < -0.4 is 0 Å². The van der Waals surface area contributed by atoms with Crippen molar-refractivity contribution in [2.75, 3.05) is 5.75 Å². The SMILES string of the molecule is C=C(C)[C@H](Cc1ccccc1)S(=O)(=O)C[C@H](C)O. The molecule has 0 aliphatic rings. The number of benzene rings is 1. The monoisotopic (exact) mass is 268 g/mol. The smallest absolute Gasteiger partial charge is 0.159 e. The van der Waals surface area contributed by atoms with Crippen LogP contribution in [0.15, 0.2) is 42.5 Å². The first-order valence-electron chi connectivity index (χ1n) is 5.92. The second-order valence-electron chi connectivity index (χ2n) is 4.70. The van der Waals surface area contributed by atoms with Crippen molar-refractivity contribution in [1.29, 1.82) is 0 Å². The van der Waals surface area contributed by atoms with E-state index in [0.717, 1.165) is 5.56 Å². The largest absolute Gasteiger partial charge is 0.392 e. The number of rotatable bonds is 6. The highest BCUT2D eigenvalue weighted by Crippen LogP contribution is 2.18. The van der Waals surface area contributed by atoms with Crippen molar-refractivity contribution in [1.82, 2.24) is 0 Å². The van der Waals surface area contributed by atoms with Gasteiger partial charge in [0.2, 0.25) is 0 Å². The summed E-state index contributed by atoms with van der Waals surface area (Å²) >= 11 is 0. The quantitative estimate of drug-likeness (QED) is 0.803. The molecule has 1 aromatic carbocycles. The Morgan fingerprint density at radius 1 is 1.33 bits per heavy atom. The van der Waals surface area contributed by atoms with Gasteiger partial charge in [-0.25, -0.2) is 8.42 Å². The zero-order valence-corrected chi connectivity index (χ0v) is 11.7. The Morgan fingerprint density at radius 2 is 1.89 bits per heavy atom. The number of sulfone groups is 1. The van der Waals surface area contributed by atoms with E-state index in [1.54, 1.807) is 6.92 Å². The maximum Gasteiger partial charge on any atom is 0.159 e. The summed E-state index contributed by atoms with van der Waals surface area (Å²) in [6, 6.07) is 9.45. The molecule has 0 amide bonds. The Labute approximate surface area is 109 Å². The molecule has 0 aromatic heterocycles. The van der Waals surface area contributed by atoms with E-state index in [-0.39, 0.29) is 5.75 Å². The van der Waals surface area contributed by atoms with Gasteiger partial charge in [0.15, 0.2) is 9.84 Å². The average Bonchev–Trinajstić information content (AvgIpc) is 2.25. The van der Waals surface area contributed by atoms with Crippen molar-refractivity contribution < 1.29 is 13.5 Å². The molecule has 0 saturated heterocycles. The van der Waals surface area contributed by atoms with Gasteiger partial charge in [-0.05, 0) is 25.8 Å². The summed E-state index contributed by atoms with van der Waals surface area (Å²) < 4.78 is 24.3. The highest BCUT2D eigenvalue weighted by atomic mass is 32.2. The number of hydrogen-bond donors (Lipinski definition) is 1. The van der Waals surface area contributed by atoms with E-state index in [1.165, 1.54) is 6.92 Å². The molecule has 18 heavy (non-hydrogen) atoms. The fraction of sp³-hybridized carbons (Fsp3) is 0.429. The Hall–Kier alpha value is -1.13. The van der Waals surface area contributed by atoms with Crippen LogP contribution in [0.3, 0.4) is 0 Å². The van der Waals surface area contributed by atoms with Crippen LogP contribution in [-0.4, -0.2) is 30.6 Å². The van der Waals surface area contributed by atoms with E-state index in [2.05, 4.69) is 6.58 Å². The highest BCUT2D eigenvalue weighted by Gasteiger charge is 2.27. The van der Waals surface area contributed by atoms with Crippen molar-refractivity contribution in [3.63, 3.8) is 0 Å². The normalized spacial score (nSPS) is 15.1. The second kappa shape index (κ2) is 6.16. The molecule has 0 saturated carbocycles. The first kappa shape index (κ1) is 14.9. The molecule has 3 nitrogen and oxygen atoms in total. The number of aliphatic hydroxyl groups excluding tert-OH is 1. The lowest BCUT2D eigenvalue weighted by atomic mass is 10.1. The van der Waals surface area contributed by atoms with Gasteiger partial charge in [-0.1, -0.05) is 42.5 Å². The molecule has 100 valence electrons. The van der Waals surface area contributed by atoms with Crippen molar-refractivity contribution in [2.24, 2.45) is 0 Å². The zero-order chi connectivity index (χ0) is 13.8. The molecule has 0 bridgehead atoms. The summed E-state index contributed by atoms with van der Waals surface area (Å²) in [4.78, 5) is 0. The van der Waals surface area contributed by atoms with Crippen molar-refractivity contribution in [3.8, 4) is 0 Å². The van der Waals surface area contributed by atoms with Crippen molar-refractivity contribution in [2.45, 2.75) is 31.6 Å². The van der Waals surface area contributed by atoms with Crippen molar-refractivity contribution >= 4 is 9.84 Å². The minimum Gasteiger partial charge on any atom is -0.392 e. The molecule has 4 heteroatoms. The predicted molar refractivity (Wildman–Crippen MR) is 74.2 cm³/mol. The van der Waals surface area contributed by atoms with Crippen molar-refractivity contribution in [3.05, 3.63) is 48.0 Å². The van der Waals surface area contributed by atoms with Crippen LogP contribution in [0.1, 0.15) is 19.4 Å². The van der Waals surface area contributed by atoms with E-state index in [1.807, 2.05) is 30.3 Å². The summed E-state index contributed by atoms with van der Waals surface area (Å²) in [5.74, 6) is -0.225. The minimum absolute atomic E-state index is 0.225. The first-order valence-corrected chi connectivity index (χ1v) is 7.63. The average molecular weight is 268 g/mol. The van der Waals surface area contributed by atoms with Gasteiger partial charge in [0.1, 0.15) is 0 Å². The predicted octanol–water partition coefficient (Wildman–Crippen LogP) is 1.97. The fourth-order valence-corrected chi connectivity index (χ4v) is 3.85. The van der Waals surface area contributed by atoms with Gasteiger partial charge in [0.05, 0.1) is 17.1 Å². The molecule has 0 radical (unpaired) electrons. The molecule has 1 rings (SSSR count). The minimum atomic E-state index is -3.37. The molecule has 0 heterocycles. The Bertz CT molecular complexity index is 489. The zero-order valence-electron chi connectivity index (χ0n) is 10.8. The summed E-state index contributed by atoms with van der Waals surface area (Å²) in [6.07, 6.45) is -0.446. The van der Waals surface area contributed by atoms with E-state index in [0.29, 0.717) is 12.0 Å². The van der Waals surface area contributed by atoms with Crippen LogP contribution >= 0.6 is 0 Å². The van der Waals surface area contributed by atoms with Crippen LogP contribution in [0.2, 0.25) is 0 Å². The molecular weight excluding hydrogens is 248 g/mol. The second-order valence-corrected chi connectivity index (χ2v) is 6.93. The summed E-state index contributed by atoms with van der Waals surface area (Å²) in [5.41, 5.74) is 1.57. The Kier molecular flexibility index (Phi) is 5.11. The highest BCUT2D eigenvalue weighted by molar-refractivity contribution is 7.92.